The van der Waals surface area contributed by atoms with Gasteiger partial charge in [-0.1, -0.05) is 35.0 Å². The van der Waals surface area contributed by atoms with Crippen LogP contribution in [0.4, 0.5) is 0 Å². The first-order chi connectivity index (χ1) is 15.6. The van der Waals surface area contributed by atoms with Crippen molar-refractivity contribution in [2.75, 3.05) is 7.11 Å². The number of benzene rings is 3. The fraction of sp³-hybridized carbons (Fsp3) is 0.160. The molecule has 6 nitrogen and oxygen atoms in total. The zero-order valence-electron chi connectivity index (χ0n) is 17.9. The highest BCUT2D eigenvalue weighted by Crippen LogP contribution is 2.23. The van der Waals surface area contributed by atoms with Crippen LogP contribution < -0.4 is 10.1 Å². The van der Waals surface area contributed by atoms with Crippen LogP contribution in [0.15, 0.2) is 82.2 Å². The number of thioether (sulfide) groups is 1. The highest BCUT2D eigenvalue weighted by Gasteiger charge is 2.11. The van der Waals surface area contributed by atoms with Gasteiger partial charge in [-0.15, -0.1) is 11.8 Å². The third kappa shape index (κ3) is 5.56. The molecular formula is C25H23N3O3S. The van der Waals surface area contributed by atoms with Crippen molar-refractivity contribution in [3.63, 3.8) is 0 Å². The first-order valence-corrected chi connectivity index (χ1v) is 11.1. The average molecular weight is 446 g/mol. The lowest BCUT2D eigenvalue weighted by Crippen LogP contribution is -2.22. The average Bonchev–Trinajstić information content (AvgIpc) is 3.32. The molecule has 0 bridgehead atoms. The van der Waals surface area contributed by atoms with Crippen LogP contribution in [0.5, 0.6) is 5.75 Å². The van der Waals surface area contributed by atoms with Gasteiger partial charge in [0.15, 0.2) is 0 Å². The molecule has 1 amide bonds. The minimum Gasteiger partial charge on any atom is -0.497 e. The predicted molar refractivity (Wildman–Crippen MR) is 125 cm³/mol. The van der Waals surface area contributed by atoms with E-state index in [1.807, 2.05) is 48.5 Å². The van der Waals surface area contributed by atoms with Gasteiger partial charge >= 0.3 is 0 Å². The molecule has 0 aliphatic carbocycles. The number of ether oxygens (including phenoxy) is 1. The van der Waals surface area contributed by atoms with Gasteiger partial charge in [0, 0.05) is 21.8 Å². The van der Waals surface area contributed by atoms with E-state index in [2.05, 4.69) is 46.6 Å². The zero-order valence-corrected chi connectivity index (χ0v) is 18.7. The Morgan fingerprint density at radius 2 is 1.72 bits per heavy atom. The van der Waals surface area contributed by atoms with Crippen LogP contribution in [-0.4, -0.2) is 23.2 Å². The number of hydrogen-bond donors (Lipinski definition) is 1. The van der Waals surface area contributed by atoms with Crippen molar-refractivity contribution in [3.05, 3.63) is 95.4 Å². The van der Waals surface area contributed by atoms with Crippen molar-refractivity contribution in [1.82, 2.24) is 15.5 Å². The van der Waals surface area contributed by atoms with Gasteiger partial charge in [0.2, 0.25) is 11.7 Å². The van der Waals surface area contributed by atoms with Crippen molar-refractivity contribution < 1.29 is 14.1 Å². The first kappa shape index (κ1) is 21.6. The molecule has 162 valence electrons. The fourth-order valence-corrected chi connectivity index (χ4v) is 3.85. The topological polar surface area (TPSA) is 77.3 Å². The molecule has 0 saturated heterocycles. The molecule has 7 heteroatoms. The van der Waals surface area contributed by atoms with Crippen molar-refractivity contribution in [1.29, 1.82) is 0 Å². The molecule has 1 N–H and O–H groups in total. The van der Waals surface area contributed by atoms with Crippen LogP contribution in [0.2, 0.25) is 0 Å². The van der Waals surface area contributed by atoms with Crippen LogP contribution in [0.25, 0.3) is 11.4 Å². The molecular weight excluding hydrogens is 422 g/mol. The quantitative estimate of drug-likeness (QED) is 0.372. The summed E-state index contributed by atoms with van der Waals surface area (Å²) >= 11 is 1.77. The van der Waals surface area contributed by atoms with Gasteiger partial charge in [-0.2, -0.15) is 4.98 Å². The van der Waals surface area contributed by atoms with E-state index in [9.17, 15) is 4.79 Å². The number of aryl methyl sites for hydroxylation is 1. The summed E-state index contributed by atoms with van der Waals surface area (Å²) in [7, 11) is 1.61. The number of amides is 1. The maximum Gasteiger partial charge on any atom is 0.251 e. The van der Waals surface area contributed by atoms with Crippen LogP contribution in [-0.2, 0) is 12.3 Å². The Balaban J connectivity index is 1.29. The van der Waals surface area contributed by atoms with Crippen LogP contribution in [0.1, 0.15) is 27.4 Å². The monoisotopic (exact) mass is 445 g/mol. The molecule has 1 heterocycles. The zero-order chi connectivity index (χ0) is 22.3. The second-order valence-electron chi connectivity index (χ2n) is 7.22. The maximum atomic E-state index is 12.5. The summed E-state index contributed by atoms with van der Waals surface area (Å²) in [6.07, 6.45) is 0. The van der Waals surface area contributed by atoms with Gasteiger partial charge in [0.1, 0.15) is 5.75 Å². The molecule has 4 aromatic rings. The normalized spacial score (nSPS) is 10.7. The summed E-state index contributed by atoms with van der Waals surface area (Å²) in [5.41, 5.74) is 3.81. The number of nitrogens with zero attached hydrogens (tertiary/aromatic N) is 2. The Kier molecular flexibility index (Phi) is 6.87. The van der Waals surface area contributed by atoms with Crippen molar-refractivity contribution in [2.45, 2.75) is 24.1 Å². The highest BCUT2D eigenvalue weighted by molar-refractivity contribution is 7.98. The molecule has 0 aliphatic rings. The number of aromatic nitrogens is 2. The predicted octanol–water partition coefficient (Wildman–Crippen LogP) is 5.28. The van der Waals surface area contributed by atoms with Gasteiger partial charge in [-0.05, 0) is 61.0 Å². The second kappa shape index (κ2) is 10.2. The Hall–Kier alpha value is -3.58. The number of carbonyl (C=O) groups excluding carboxylic acids is 1. The van der Waals surface area contributed by atoms with Gasteiger partial charge in [-0.3, -0.25) is 4.79 Å². The van der Waals surface area contributed by atoms with E-state index in [0.717, 1.165) is 22.6 Å². The molecule has 0 spiro atoms. The molecule has 0 radical (unpaired) electrons. The lowest BCUT2D eigenvalue weighted by Gasteiger charge is -2.05. The summed E-state index contributed by atoms with van der Waals surface area (Å²) in [5, 5.41) is 6.79. The van der Waals surface area contributed by atoms with E-state index in [-0.39, 0.29) is 12.5 Å². The van der Waals surface area contributed by atoms with E-state index in [1.165, 1.54) is 10.5 Å². The SMILES string of the molecule is COc1ccc(-c2noc(CNC(=O)c3ccc(CSc4ccc(C)cc4)cc3)n2)cc1. The summed E-state index contributed by atoms with van der Waals surface area (Å²) in [6, 6.07) is 23.4. The molecule has 0 fully saturated rings. The lowest BCUT2D eigenvalue weighted by molar-refractivity contribution is 0.0946. The van der Waals surface area contributed by atoms with E-state index in [0.29, 0.717) is 17.3 Å². The summed E-state index contributed by atoms with van der Waals surface area (Å²) in [4.78, 5) is 18.0. The minimum atomic E-state index is -0.188. The minimum absolute atomic E-state index is 0.160. The van der Waals surface area contributed by atoms with Crippen molar-refractivity contribution >= 4 is 17.7 Å². The fourth-order valence-electron chi connectivity index (χ4n) is 3.00. The number of methoxy groups -OCH3 is 1. The van der Waals surface area contributed by atoms with Crippen molar-refractivity contribution in [3.8, 4) is 17.1 Å². The van der Waals surface area contributed by atoms with E-state index < -0.39 is 0 Å². The van der Waals surface area contributed by atoms with Gasteiger partial charge in [0.05, 0.1) is 13.7 Å². The highest BCUT2D eigenvalue weighted by atomic mass is 32.2. The molecule has 3 aromatic carbocycles. The second-order valence-corrected chi connectivity index (χ2v) is 8.27. The number of rotatable bonds is 8. The largest absolute Gasteiger partial charge is 0.497 e. The van der Waals surface area contributed by atoms with Gasteiger partial charge in [0.25, 0.3) is 5.91 Å². The number of hydrogen-bond acceptors (Lipinski definition) is 6. The van der Waals surface area contributed by atoms with E-state index in [1.54, 1.807) is 18.9 Å². The number of nitrogens with one attached hydrogen (secondary N) is 1. The third-order valence-corrected chi connectivity index (χ3v) is 5.94. The van der Waals surface area contributed by atoms with Crippen LogP contribution in [0.3, 0.4) is 0 Å². The number of carbonyl (C=O) groups is 1. The first-order valence-electron chi connectivity index (χ1n) is 10.1. The summed E-state index contributed by atoms with van der Waals surface area (Å²) in [6.45, 7) is 2.24. The lowest BCUT2D eigenvalue weighted by atomic mass is 10.1. The van der Waals surface area contributed by atoms with E-state index >= 15 is 0 Å². The molecule has 0 saturated carbocycles. The van der Waals surface area contributed by atoms with Crippen molar-refractivity contribution in [2.24, 2.45) is 0 Å². The molecule has 0 unspecified atom stereocenters. The van der Waals surface area contributed by atoms with Crippen LogP contribution >= 0.6 is 11.8 Å². The molecule has 32 heavy (non-hydrogen) atoms. The third-order valence-electron chi connectivity index (χ3n) is 4.86. The standard InChI is InChI=1S/C25H23N3O3S/c1-17-3-13-22(14-4-17)32-16-18-5-7-20(8-6-18)25(29)26-15-23-27-24(28-31-23)19-9-11-21(30-2)12-10-19/h3-14H,15-16H2,1-2H3,(H,26,29). The Bertz CT molecular complexity index is 1170. The summed E-state index contributed by atoms with van der Waals surface area (Å²) in [5.74, 6) is 2.22. The Morgan fingerprint density at radius 1 is 1.00 bits per heavy atom. The smallest absolute Gasteiger partial charge is 0.251 e. The van der Waals surface area contributed by atoms with Gasteiger partial charge in [-0.25, -0.2) is 0 Å². The molecule has 1 aromatic heterocycles. The molecule has 0 aliphatic heterocycles. The molecule has 0 atom stereocenters. The maximum absolute atomic E-state index is 12.5. The Morgan fingerprint density at radius 3 is 2.41 bits per heavy atom. The van der Waals surface area contributed by atoms with Gasteiger partial charge < -0.3 is 14.6 Å². The molecule has 4 rings (SSSR count). The summed E-state index contributed by atoms with van der Waals surface area (Å²) < 4.78 is 10.4. The van der Waals surface area contributed by atoms with Crippen LogP contribution in [0, 0.1) is 6.92 Å². The Labute approximate surface area is 191 Å². The van der Waals surface area contributed by atoms with E-state index in [4.69, 9.17) is 9.26 Å².